The highest BCUT2D eigenvalue weighted by molar-refractivity contribution is 5.77. The van der Waals surface area contributed by atoms with Gasteiger partial charge in [0.1, 0.15) is 6.04 Å². The van der Waals surface area contributed by atoms with Crippen LogP contribution in [0.4, 0.5) is 5.95 Å². The van der Waals surface area contributed by atoms with Crippen molar-refractivity contribution in [1.29, 1.82) is 0 Å². The molecular formula is C11H17N3O3. The molecule has 1 aromatic rings. The molecule has 0 saturated carbocycles. The Morgan fingerprint density at radius 1 is 1.59 bits per heavy atom. The standard InChI is InChI=1S/C11H17N3O3/c1-5-8(10(15)16)14(3)11-12-7(2)6-9(13-11)17-4/h6,8H,5H2,1-4H3,(H,15,16). The number of anilines is 1. The van der Waals surface area contributed by atoms with Gasteiger partial charge in [-0.15, -0.1) is 0 Å². The molecule has 0 bridgehead atoms. The zero-order valence-electron chi connectivity index (χ0n) is 10.5. The van der Waals surface area contributed by atoms with Gasteiger partial charge >= 0.3 is 5.97 Å². The van der Waals surface area contributed by atoms with Gasteiger partial charge in [0.2, 0.25) is 11.8 Å². The summed E-state index contributed by atoms with van der Waals surface area (Å²) in [6, 6.07) is 1.06. The maximum atomic E-state index is 11.1. The number of carboxylic acid groups (broad SMARTS) is 1. The second-order valence-electron chi connectivity index (χ2n) is 3.72. The number of hydrogen-bond donors (Lipinski definition) is 1. The van der Waals surface area contributed by atoms with Crippen molar-refractivity contribution in [2.24, 2.45) is 0 Å². The monoisotopic (exact) mass is 239 g/mol. The van der Waals surface area contributed by atoms with Crippen LogP contribution in [0.1, 0.15) is 19.0 Å². The average molecular weight is 239 g/mol. The molecule has 1 unspecified atom stereocenters. The second-order valence-corrected chi connectivity index (χ2v) is 3.72. The number of methoxy groups -OCH3 is 1. The molecule has 6 nitrogen and oxygen atoms in total. The minimum Gasteiger partial charge on any atom is -0.481 e. The van der Waals surface area contributed by atoms with Crippen molar-refractivity contribution in [2.45, 2.75) is 26.3 Å². The van der Waals surface area contributed by atoms with Gasteiger partial charge in [0.05, 0.1) is 7.11 Å². The highest BCUT2D eigenvalue weighted by Gasteiger charge is 2.23. The van der Waals surface area contributed by atoms with Crippen LogP contribution in [0.15, 0.2) is 6.07 Å². The molecule has 1 rings (SSSR count). The van der Waals surface area contributed by atoms with E-state index in [1.807, 2.05) is 13.8 Å². The SMILES string of the molecule is CCC(C(=O)O)N(C)c1nc(C)cc(OC)n1. The molecule has 0 spiro atoms. The summed E-state index contributed by atoms with van der Waals surface area (Å²) in [5.74, 6) is -0.102. The molecule has 0 aliphatic carbocycles. The normalized spacial score (nSPS) is 12.0. The summed E-state index contributed by atoms with van der Waals surface area (Å²) in [4.78, 5) is 20.9. The van der Waals surface area contributed by atoms with Crippen LogP contribution in [-0.4, -0.2) is 41.2 Å². The van der Waals surface area contributed by atoms with Gasteiger partial charge in [-0.05, 0) is 13.3 Å². The lowest BCUT2D eigenvalue weighted by atomic mass is 10.2. The fourth-order valence-corrected chi connectivity index (χ4v) is 1.54. The van der Waals surface area contributed by atoms with Gasteiger partial charge in [0, 0.05) is 18.8 Å². The summed E-state index contributed by atoms with van der Waals surface area (Å²) in [5.41, 5.74) is 0.735. The van der Waals surface area contributed by atoms with Crippen LogP contribution in [0.3, 0.4) is 0 Å². The van der Waals surface area contributed by atoms with Crippen molar-refractivity contribution in [3.05, 3.63) is 11.8 Å². The van der Waals surface area contributed by atoms with E-state index in [0.717, 1.165) is 5.69 Å². The maximum absolute atomic E-state index is 11.1. The molecule has 0 amide bonds. The van der Waals surface area contributed by atoms with Crippen LogP contribution in [0, 0.1) is 6.92 Å². The first-order chi connectivity index (χ1) is 7.99. The number of likely N-dealkylation sites (N-methyl/N-ethyl adjacent to an activating group) is 1. The van der Waals surface area contributed by atoms with E-state index in [4.69, 9.17) is 9.84 Å². The summed E-state index contributed by atoms with van der Waals surface area (Å²) >= 11 is 0. The molecule has 0 fully saturated rings. The van der Waals surface area contributed by atoms with Gasteiger partial charge in [-0.3, -0.25) is 0 Å². The Labute approximate surface area is 100 Å². The number of aromatic nitrogens is 2. The quantitative estimate of drug-likeness (QED) is 0.829. The third kappa shape index (κ3) is 3.05. The lowest BCUT2D eigenvalue weighted by molar-refractivity contribution is -0.138. The van der Waals surface area contributed by atoms with Crippen LogP contribution >= 0.6 is 0 Å². The van der Waals surface area contributed by atoms with Crippen molar-refractivity contribution in [3.8, 4) is 5.88 Å². The van der Waals surface area contributed by atoms with Gasteiger partial charge in [0.15, 0.2) is 0 Å². The molecular weight excluding hydrogens is 222 g/mol. The van der Waals surface area contributed by atoms with E-state index in [0.29, 0.717) is 18.2 Å². The molecule has 1 aromatic heterocycles. The topological polar surface area (TPSA) is 75.5 Å². The summed E-state index contributed by atoms with van der Waals surface area (Å²) in [7, 11) is 3.18. The first-order valence-electron chi connectivity index (χ1n) is 5.34. The molecule has 6 heteroatoms. The summed E-state index contributed by atoms with van der Waals surface area (Å²) in [5, 5.41) is 9.07. The summed E-state index contributed by atoms with van der Waals surface area (Å²) in [6.07, 6.45) is 0.478. The molecule has 0 aliphatic rings. The Morgan fingerprint density at radius 2 is 2.24 bits per heavy atom. The van der Waals surface area contributed by atoms with E-state index in [1.54, 1.807) is 13.1 Å². The number of hydrogen-bond acceptors (Lipinski definition) is 5. The zero-order chi connectivity index (χ0) is 13.0. The predicted octanol–water partition coefficient (Wildman–Crippen LogP) is 1.09. The number of ether oxygens (including phenoxy) is 1. The first kappa shape index (κ1) is 13.2. The Balaban J connectivity index is 3.06. The largest absolute Gasteiger partial charge is 0.481 e. The fraction of sp³-hybridized carbons (Fsp3) is 0.545. The highest BCUT2D eigenvalue weighted by Crippen LogP contribution is 2.17. The van der Waals surface area contributed by atoms with E-state index < -0.39 is 12.0 Å². The fourth-order valence-electron chi connectivity index (χ4n) is 1.54. The van der Waals surface area contributed by atoms with E-state index in [1.165, 1.54) is 12.0 Å². The minimum atomic E-state index is -0.890. The predicted molar refractivity (Wildman–Crippen MR) is 63.4 cm³/mol. The van der Waals surface area contributed by atoms with Crippen LogP contribution < -0.4 is 9.64 Å². The third-order valence-corrected chi connectivity index (χ3v) is 2.48. The zero-order valence-corrected chi connectivity index (χ0v) is 10.5. The van der Waals surface area contributed by atoms with Crippen LogP contribution in [0.25, 0.3) is 0 Å². The number of rotatable bonds is 5. The van der Waals surface area contributed by atoms with Gasteiger partial charge in [-0.25, -0.2) is 9.78 Å². The number of aliphatic carboxylic acids is 1. The summed E-state index contributed by atoms with van der Waals surface area (Å²) < 4.78 is 5.03. The van der Waals surface area contributed by atoms with E-state index >= 15 is 0 Å². The first-order valence-corrected chi connectivity index (χ1v) is 5.34. The molecule has 0 saturated heterocycles. The van der Waals surface area contributed by atoms with Crippen molar-refractivity contribution in [1.82, 2.24) is 9.97 Å². The van der Waals surface area contributed by atoms with E-state index in [-0.39, 0.29) is 0 Å². The molecule has 0 aliphatic heterocycles. The van der Waals surface area contributed by atoms with Crippen molar-refractivity contribution >= 4 is 11.9 Å². The van der Waals surface area contributed by atoms with E-state index in [2.05, 4.69) is 9.97 Å². The number of aryl methyl sites for hydroxylation is 1. The van der Waals surface area contributed by atoms with Crippen LogP contribution in [0.2, 0.25) is 0 Å². The Hall–Kier alpha value is -1.85. The van der Waals surface area contributed by atoms with Crippen LogP contribution in [-0.2, 0) is 4.79 Å². The lowest BCUT2D eigenvalue weighted by Gasteiger charge is -2.24. The molecule has 1 atom stereocenters. The van der Waals surface area contributed by atoms with Gasteiger partial charge < -0.3 is 14.7 Å². The maximum Gasteiger partial charge on any atom is 0.326 e. The summed E-state index contributed by atoms with van der Waals surface area (Å²) in [6.45, 7) is 3.62. The van der Waals surface area contributed by atoms with Crippen molar-refractivity contribution < 1.29 is 14.6 Å². The van der Waals surface area contributed by atoms with Crippen LogP contribution in [0.5, 0.6) is 5.88 Å². The highest BCUT2D eigenvalue weighted by atomic mass is 16.5. The molecule has 17 heavy (non-hydrogen) atoms. The average Bonchev–Trinajstić information content (AvgIpc) is 2.28. The number of carbonyl (C=O) groups is 1. The van der Waals surface area contributed by atoms with Gasteiger partial charge in [0.25, 0.3) is 0 Å². The minimum absolute atomic E-state index is 0.358. The van der Waals surface area contributed by atoms with E-state index in [9.17, 15) is 4.79 Å². The van der Waals surface area contributed by atoms with Gasteiger partial charge in [-0.2, -0.15) is 4.98 Å². The number of nitrogens with zero attached hydrogens (tertiary/aromatic N) is 3. The smallest absolute Gasteiger partial charge is 0.326 e. The Morgan fingerprint density at radius 3 is 2.71 bits per heavy atom. The number of carboxylic acids is 1. The molecule has 94 valence electrons. The Kier molecular flexibility index (Phi) is 4.25. The van der Waals surface area contributed by atoms with Crippen molar-refractivity contribution in [2.75, 3.05) is 19.1 Å². The van der Waals surface area contributed by atoms with Gasteiger partial charge in [-0.1, -0.05) is 6.92 Å². The third-order valence-electron chi connectivity index (χ3n) is 2.48. The molecule has 0 aromatic carbocycles. The second kappa shape index (κ2) is 5.47. The molecule has 0 radical (unpaired) electrons. The molecule has 1 heterocycles. The molecule has 1 N–H and O–H groups in total. The Bertz CT molecular complexity index is 409. The van der Waals surface area contributed by atoms with Crippen molar-refractivity contribution in [3.63, 3.8) is 0 Å². The lowest BCUT2D eigenvalue weighted by Crippen LogP contribution is -2.39.